The number of fused-ring (bicyclic) bond motifs is 9. The molecule has 0 fully saturated rings. The molecule has 30 heavy (non-hydrogen) atoms. The van der Waals surface area contributed by atoms with Gasteiger partial charge in [-0.3, -0.25) is 0 Å². The van der Waals surface area contributed by atoms with Crippen LogP contribution in [-0.4, -0.2) is 0 Å². The first-order chi connectivity index (χ1) is 14.8. The zero-order chi connectivity index (χ0) is 19.7. The van der Waals surface area contributed by atoms with E-state index >= 15 is 0 Å². The molecule has 0 aromatic heterocycles. The average molecular weight is 378 g/mol. The molecule has 0 aliphatic rings. The van der Waals surface area contributed by atoms with Crippen LogP contribution in [0.25, 0.3) is 64.6 Å². The minimum Gasteiger partial charge on any atom is -0.0616 e. The van der Waals surface area contributed by atoms with Crippen LogP contribution in [0.2, 0.25) is 0 Å². The van der Waals surface area contributed by atoms with Crippen molar-refractivity contribution in [1.29, 1.82) is 0 Å². The molecule has 0 spiro atoms. The summed E-state index contributed by atoms with van der Waals surface area (Å²) in [6.07, 6.45) is 0. The van der Waals surface area contributed by atoms with E-state index in [1.54, 1.807) is 0 Å². The molecule has 0 radical (unpaired) electrons. The van der Waals surface area contributed by atoms with Gasteiger partial charge in [0.1, 0.15) is 0 Å². The Morgan fingerprint density at radius 2 is 0.667 bits per heavy atom. The number of rotatable bonds is 0. The predicted octanol–water partition coefficient (Wildman–Crippen LogP) is 8.61. The van der Waals surface area contributed by atoms with Gasteiger partial charge in [-0.15, -0.1) is 0 Å². The minimum atomic E-state index is 1.29. The topological polar surface area (TPSA) is 0 Å². The fourth-order valence-electron chi connectivity index (χ4n) is 5.07. The van der Waals surface area contributed by atoms with Gasteiger partial charge in [0.2, 0.25) is 0 Å². The van der Waals surface area contributed by atoms with Crippen LogP contribution in [0.15, 0.2) is 109 Å². The van der Waals surface area contributed by atoms with Gasteiger partial charge < -0.3 is 0 Å². The lowest BCUT2D eigenvalue weighted by Crippen LogP contribution is -1.84. The second-order valence-electron chi connectivity index (χ2n) is 8.23. The van der Waals surface area contributed by atoms with Crippen molar-refractivity contribution in [2.24, 2.45) is 0 Å². The van der Waals surface area contributed by atoms with Gasteiger partial charge in [0.05, 0.1) is 0 Å². The quantitative estimate of drug-likeness (QED) is 0.183. The van der Waals surface area contributed by atoms with Gasteiger partial charge in [-0.25, -0.2) is 0 Å². The van der Waals surface area contributed by atoms with E-state index in [-0.39, 0.29) is 0 Å². The summed E-state index contributed by atoms with van der Waals surface area (Å²) in [4.78, 5) is 0. The molecule has 0 atom stereocenters. The van der Waals surface area contributed by atoms with Crippen molar-refractivity contribution in [1.82, 2.24) is 0 Å². The Balaban J connectivity index is 1.62. The van der Waals surface area contributed by atoms with Crippen LogP contribution in [0.4, 0.5) is 0 Å². The molecule has 0 heterocycles. The highest BCUT2D eigenvalue weighted by Crippen LogP contribution is 2.36. The lowest BCUT2D eigenvalue weighted by Gasteiger charge is -2.11. The Kier molecular flexibility index (Phi) is 3.09. The predicted molar refractivity (Wildman–Crippen MR) is 131 cm³/mol. The standard InChI is InChI=1S/C30H18/c1-2-7-21-16-29-22(15-20(21)6-1)11-13-27-26(29)14-12-24-17-28-23(18-30(24)27)10-9-19-5-3-4-8-25(19)28/h1-18H. The van der Waals surface area contributed by atoms with Crippen LogP contribution in [0.3, 0.4) is 0 Å². The molecule has 7 aromatic carbocycles. The monoisotopic (exact) mass is 378 g/mol. The molecule has 0 saturated heterocycles. The molecule has 138 valence electrons. The van der Waals surface area contributed by atoms with Crippen LogP contribution < -0.4 is 0 Å². The summed E-state index contributed by atoms with van der Waals surface area (Å²) in [6, 6.07) is 40.3. The van der Waals surface area contributed by atoms with E-state index in [1.807, 2.05) is 0 Å². The van der Waals surface area contributed by atoms with Crippen molar-refractivity contribution < 1.29 is 0 Å². The maximum absolute atomic E-state index is 2.37. The molecular weight excluding hydrogens is 360 g/mol. The summed E-state index contributed by atoms with van der Waals surface area (Å²) < 4.78 is 0. The summed E-state index contributed by atoms with van der Waals surface area (Å²) >= 11 is 0. The largest absolute Gasteiger partial charge is 0.0616 e. The first-order valence-corrected chi connectivity index (χ1v) is 10.4. The van der Waals surface area contributed by atoms with Gasteiger partial charge in [0.15, 0.2) is 0 Å². The molecule has 0 aliphatic heterocycles. The summed E-state index contributed by atoms with van der Waals surface area (Å²) in [7, 11) is 0. The normalized spacial score (nSPS) is 12.0. The highest BCUT2D eigenvalue weighted by molar-refractivity contribution is 6.22. The van der Waals surface area contributed by atoms with Gasteiger partial charge in [-0.2, -0.15) is 0 Å². The van der Waals surface area contributed by atoms with Gasteiger partial charge in [-0.05, 0) is 88.9 Å². The average Bonchev–Trinajstić information content (AvgIpc) is 2.81. The molecule has 0 heteroatoms. The van der Waals surface area contributed by atoms with Gasteiger partial charge in [0, 0.05) is 0 Å². The Bertz CT molecular complexity index is 1780. The molecule has 0 aliphatic carbocycles. The van der Waals surface area contributed by atoms with Gasteiger partial charge >= 0.3 is 0 Å². The van der Waals surface area contributed by atoms with Crippen LogP contribution in [0.1, 0.15) is 0 Å². The van der Waals surface area contributed by atoms with Crippen molar-refractivity contribution in [2.75, 3.05) is 0 Å². The second-order valence-corrected chi connectivity index (χ2v) is 8.23. The fraction of sp³-hybridized carbons (Fsp3) is 0. The van der Waals surface area contributed by atoms with E-state index in [9.17, 15) is 0 Å². The summed E-state index contributed by atoms with van der Waals surface area (Å²) in [6.45, 7) is 0. The highest BCUT2D eigenvalue weighted by atomic mass is 14.1. The Morgan fingerprint density at radius 3 is 1.37 bits per heavy atom. The molecule has 0 N–H and O–H groups in total. The van der Waals surface area contributed by atoms with E-state index in [2.05, 4.69) is 109 Å². The van der Waals surface area contributed by atoms with E-state index in [1.165, 1.54) is 64.6 Å². The molecule has 0 bridgehead atoms. The minimum absolute atomic E-state index is 1.29. The van der Waals surface area contributed by atoms with E-state index < -0.39 is 0 Å². The third kappa shape index (κ3) is 2.16. The summed E-state index contributed by atoms with van der Waals surface area (Å²) in [5.41, 5.74) is 0. The van der Waals surface area contributed by atoms with Crippen molar-refractivity contribution in [2.45, 2.75) is 0 Å². The van der Waals surface area contributed by atoms with Crippen molar-refractivity contribution >= 4 is 64.6 Å². The highest BCUT2D eigenvalue weighted by Gasteiger charge is 2.08. The third-order valence-corrected chi connectivity index (χ3v) is 6.56. The number of hydrogen-bond donors (Lipinski definition) is 0. The second kappa shape index (κ2) is 5.81. The Labute approximate surface area is 174 Å². The van der Waals surface area contributed by atoms with Crippen molar-refractivity contribution in [3.63, 3.8) is 0 Å². The first-order valence-electron chi connectivity index (χ1n) is 10.4. The van der Waals surface area contributed by atoms with Crippen molar-refractivity contribution in [3.05, 3.63) is 109 Å². The Morgan fingerprint density at radius 1 is 0.233 bits per heavy atom. The van der Waals surface area contributed by atoms with Crippen LogP contribution in [-0.2, 0) is 0 Å². The molecule has 0 nitrogen and oxygen atoms in total. The summed E-state index contributed by atoms with van der Waals surface area (Å²) in [5, 5.41) is 15.7. The number of benzene rings is 7. The van der Waals surface area contributed by atoms with E-state index in [0.717, 1.165) is 0 Å². The van der Waals surface area contributed by atoms with Crippen molar-refractivity contribution in [3.8, 4) is 0 Å². The Hall–Kier alpha value is -3.90. The van der Waals surface area contributed by atoms with E-state index in [4.69, 9.17) is 0 Å². The molecule has 0 amide bonds. The van der Waals surface area contributed by atoms with Gasteiger partial charge in [-0.1, -0.05) is 84.9 Å². The fourth-order valence-corrected chi connectivity index (χ4v) is 5.07. The molecule has 7 rings (SSSR count). The molecule has 0 saturated carbocycles. The number of hydrogen-bond acceptors (Lipinski definition) is 0. The lowest BCUT2D eigenvalue weighted by atomic mass is 9.92. The van der Waals surface area contributed by atoms with E-state index in [0.29, 0.717) is 0 Å². The summed E-state index contributed by atoms with van der Waals surface area (Å²) in [5.74, 6) is 0. The molecule has 0 unspecified atom stereocenters. The zero-order valence-corrected chi connectivity index (χ0v) is 16.4. The van der Waals surface area contributed by atoms with Crippen LogP contribution in [0.5, 0.6) is 0 Å². The lowest BCUT2D eigenvalue weighted by molar-refractivity contribution is 1.78. The van der Waals surface area contributed by atoms with Crippen LogP contribution in [0, 0.1) is 0 Å². The SMILES string of the molecule is c1ccc2cc3c(ccc4c5cc6ccc7ccccc7c6cc5ccc34)cc2c1. The smallest absolute Gasteiger partial charge is 0.00987 e. The molecular formula is C30H18. The van der Waals surface area contributed by atoms with Gasteiger partial charge in [0.25, 0.3) is 0 Å². The van der Waals surface area contributed by atoms with Crippen LogP contribution >= 0.6 is 0 Å². The molecule has 7 aromatic rings. The maximum atomic E-state index is 2.37. The first kappa shape index (κ1) is 16.0. The third-order valence-electron chi connectivity index (χ3n) is 6.56. The zero-order valence-electron chi connectivity index (χ0n) is 16.4. The maximum Gasteiger partial charge on any atom is -0.00987 e.